The molecule has 19 heavy (non-hydrogen) atoms. The Kier molecular flexibility index (Phi) is 3.71. The summed E-state index contributed by atoms with van der Waals surface area (Å²) in [6.45, 7) is 0.427. The minimum atomic E-state index is -0.624. The van der Waals surface area contributed by atoms with Gasteiger partial charge in [0.1, 0.15) is 0 Å². The van der Waals surface area contributed by atoms with Crippen molar-refractivity contribution in [2.75, 3.05) is 5.32 Å². The standard InChI is InChI=1S/C11H11N5O2S/c12-10(17)6-1-7(11(13)18)3-8(2-6)14-4-9-5-19-16-15-9/h1-3,5,14H,4H2,(H2,12,17)(H2,13,18). The molecule has 2 amide bonds. The summed E-state index contributed by atoms with van der Waals surface area (Å²) in [5, 5.41) is 8.69. The van der Waals surface area contributed by atoms with E-state index < -0.39 is 11.8 Å². The summed E-state index contributed by atoms with van der Waals surface area (Å²) < 4.78 is 3.73. The molecule has 1 heterocycles. The molecule has 98 valence electrons. The van der Waals surface area contributed by atoms with Crippen LogP contribution in [-0.4, -0.2) is 21.4 Å². The van der Waals surface area contributed by atoms with Gasteiger partial charge in [-0.05, 0) is 29.7 Å². The number of nitrogens with one attached hydrogen (secondary N) is 1. The molecular weight excluding hydrogens is 266 g/mol. The zero-order valence-electron chi connectivity index (χ0n) is 9.79. The minimum absolute atomic E-state index is 0.218. The fourth-order valence-electron chi connectivity index (χ4n) is 1.47. The fraction of sp³-hybridized carbons (Fsp3) is 0.0909. The highest BCUT2D eigenvalue weighted by Crippen LogP contribution is 2.15. The van der Waals surface area contributed by atoms with Gasteiger partial charge in [0.05, 0.1) is 12.2 Å². The molecule has 0 saturated heterocycles. The number of benzene rings is 1. The molecule has 0 aliphatic heterocycles. The molecule has 1 aromatic carbocycles. The molecule has 2 rings (SSSR count). The van der Waals surface area contributed by atoms with Crippen LogP contribution in [0.4, 0.5) is 5.69 Å². The van der Waals surface area contributed by atoms with Crippen LogP contribution < -0.4 is 16.8 Å². The number of hydrogen-bond acceptors (Lipinski definition) is 6. The quantitative estimate of drug-likeness (QED) is 0.727. The van der Waals surface area contributed by atoms with Crippen molar-refractivity contribution in [3.05, 3.63) is 40.4 Å². The zero-order valence-corrected chi connectivity index (χ0v) is 10.6. The summed E-state index contributed by atoms with van der Waals surface area (Å²) in [4.78, 5) is 22.4. The molecule has 0 aliphatic carbocycles. The second kappa shape index (κ2) is 5.44. The Morgan fingerprint density at radius 1 is 1.16 bits per heavy atom. The summed E-state index contributed by atoms with van der Waals surface area (Å²) in [7, 11) is 0. The maximum atomic E-state index is 11.2. The summed E-state index contributed by atoms with van der Waals surface area (Å²) in [6.07, 6.45) is 0. The lowest BCUT2D eigenvalue weighted by Gasteiger charge is -2.08. The molecule has 0 atom stereocenters. The van der Waals surface area contributed by atoms with Crippen molar-refractivity contribution in [1.82, 2.24) is 9.59 Å². The van der Waals surface area contributed by atoms with Crippen molar-refractivity contribution < 1.29 is 9.59 Å². The third kappa shape index (κ3) is 3.26. The van der Waals surface area contributed by atoms with Crippen LogP contribution in [0.2, 0.25) is 0 Å². The van der Waals surface area contributed by atoms with E-state index in [1.165, 1.54) is 17.6 Å². The number of carbonyl (C=O) groups is 2. The lowest BCUT2D eigenvalue weighted by molar-refractivity contribution is 0.0999. The zero-order chi connectivity index (χ0) is 13.8. The molecule has 2 aromatic rings. The van der Waals surface area contributed by atoms with Crippen molar-refractivity contribution in [3.8, 4) is 0 Å². The summed E-state index contributed by atoms with van der Waals surface area (Å²) in [5.74, 6) is -1.25. The van der Waals surface area contributed by atoms with Gasteiger partial charge in [0, 0.05) is 22.2 Å². The molecule has 7 nitrogen and oxygen atoms in total. The maximum absolute atomic E-state index is 11.2. The lowest BCUT2D eigenvalue weighted by Crippen LogP contribution is -2.16. The number of amides is 2. The number of nitrogens with zero attached hydrogens (tertiary/aromatic N) is 2. The third-order valence-corrected chi connectivity index (χ3v) is 2.93. The first kappa shape index (κ1) is 13.0. The van der Waals surface area contributed by atoms with E-state index in [0.717, 1.165) is 5.69 Å². The molecule has 0 radical (unpaired) electrons. The van der Waals surface area contributed by atoms with Crippen LogP contribution in [0, 0.1) is 0 Å². The number of carbonyl (C=O) groups excluding carboxylic acids is 2. The Balaban J connectivity index is 2.23. The molecule has 0 saturated carbocycles. The van der Waals surface area contributed by atoms with Gasteiger partial charge in [-0.15, -0.1) is 5.10 Å². The van der Waals surface area contributed by atoms with E-state index in [4.69, 9.17) is 11.5 Å². The van der Waals surface area contributed by atoms with Crippen LogP contribution in [0.25, 0.3) is 0 Å². The Bertz CT molecular complexity index is 579. The van der Waals surface area contributed by atoms with Crippen molar-refractivity contribution in [2.45, 2.75) is 6.54 Å². The Morgan fingerprint density at radius 3 is 2.26 bits per heavy atom. The van der Waals surface area contributed by atoms with E-state index in [2.05, 4.69) is 14.9 Å². The van der Waals surface area contributed by atoms with Crippen molar-refractivity contribution in [2.24, 2.45) is 11.5 Å². The van der Waals surface area contributed by atoms with Crippen LogP contribution in [0.15, 0.2) is 23.6 Å². The summed E-state index contributed by atoms with van der Waals surface area (Å²) >= 11 is 1.24. The average Bonchev–Trinajstić information content (AvgIpc) is 2.89. The second-order valence-corrected chi connectivity index (χ2v) is 4.39. The first-order valence-corrected chi connectivity index (χ1v) is 6.14. The number of nitrogens with two attached hydrogens (primary N) is 2. The monoisotopic (exact) mass is 277 g/mol. The Hall–Kier alpha value is -2.48. The third-order valence-electron chi connectivity index (χ3n) is 2.38. The summed E-state index contributed by atoms with van der Waals surface area (Å²) in [5.41, 5.74) is 12.2. The molecule has 0 aliphatic rings. The van der Waals surface area contributed by atoms with Crippen LogP contribution in [0.1, 0.15) is 26.4 Å². The predicted octanol–water partition coefficient (Wildman–Crippen LogP) is 0.348. The molecule has 5 N–H and O–H groups in total. The van der Waals surface area contributed by atoms with Crippen molar-refractivity contribution in [3.63, 3.8) is 0 Å². The molecule has 0 spiro atoms. The van der Waals surface area contributed by atoms with E-state index >= 15 is 0 Å². The van der Waals surface area contributed by atoms with Gasteiger partial charge in [-0.3, -0.25) is 9.59 Å². The van der Waals surface area contributed by atoms with Crippen LogP contribution in [-0.2, 0) is 6.54 Å². The van der Waals surface area contributed by atoms with Gasteiger partial charge in [0.2, 0.25) is 11.8 Å². The van der Waals surface area contributed by atoms with E-state index in [9.17, 15) is 9.59 Å². The molecule has 0 bridgehead atoms. The molecule has 0 unspecified atom stereocenters. The van der Waals surface area contributed by atoms with Crippen molar-refractivity contribution >= 4 is 29.0 Å². The smallest absolute Gasteiger partial charge is 0.248 e. The maximum Gasteiger partial charge on any atom is 0.248 e. The van der Waals surface area contributed by atoms with E-state index in [-0.39, 0.29) is 11.1 Å². The van der Waals surface area contributed by atoms with E-state index in [1.807, 2.05) is 0 Å². The van der Waals surface area contributed by atoms with Crippen LogP contribution >= 0.6 is 11.5 Å². The Labute approximate surface area is 112 Å². The molecule has 1 aromatic heterocycles. The molecule has 8 heteroatoms. The SMILES string of the molecule is NC(=O)c1cc(NCc2csnn2)cc(C(N)=O)c1. The highest BCUT2D eigenvalue weighted by atomic mass is 32.1. The average molecular weight is 277 g/mol. The van der Waals surface area contributed by atoms with Gasteiger partial charge in [-0.1, -0.05) is 4.49 Å². The highest BCUT2D eigenvalue weighted by Gasteiger charge is 2.09. The first-order valence-electron chi connectivity index (χ1n) is 5.31. The van der Waals surface area contributed by atoms with Crippen LogP contribution in [0.3, 0.4) is 0 Å². The Morgan fingerprint density at radius 2 is 1.79 bits per heavy atom. The number of rotatable bonds is 5. The fourth-order valence-corrected chi connectivity index (χ4v) is 1.92. The van der Waals surface area contributed by atoms with Gasteiger partial charge in [-0.25, -0.2) is 0 Å². The van der Waals surface area contributed by atoms with Gasteiger partial charge in [0.25, 0.3) is 0 Å². The van der Waals surface area contributed by atoms with Gasteiger partial charge in [-0.2, -0.15) is 0 Å². The topological polar surface area (TPSA) is 124 Å². The number of anilines is 1. The summed E-state index contributed by atoms with van der Waals surface area (Å²) in [6, 6.07) is 4.46. The van der Waals surface area contributed by atoms with E-state index in [0.29, 0.717) is 12.2 Å². The largest absolute Gasteiger partial charge is 0.379 e. The molecule has 0 fully saturated rings. The number of hydrogen-bond donors (Lipinski definition) is 3. The van der Waals surface area contributed by atoms with Crippen LogP contribution in [0.5, 0.6) is 0 Å². The van der Waals surface area contributed by atoms with Gasteiger partial charge < -0.3 is 16.8 Å². The van der Waals surface area contributed by atoms with Gasteiger partial charge in [0.15, 0.2) is 0 Å². The first-order chi connectivity index (χ1) is 9.06. The molecular formula is C11H11N5O2S. The van der Waals surface area contributed by atoms with E-state index in [1.54, 1.807) is 17.5 Å². The normalized spacial score (nSPS) is 10.1. The number of primary amides is 2. The van der Waals surface area contributed by atoms with Gasteiger partial charge >= 0.3 is 0 Å². The minimum Gasteiger partial charge on any atom is -0.379 e. The highest BCUT2D eigenvalue weighted by molar-refractivity contribution is 7.03. The second-order valence-electron chi connectivity index (χ2n) is 3.78. The predicted molar refractivity (Wildman–Crippen MR) is 70.7 cm³/mol. The lowest BCUT2D eigenvalue weighted by atomic mass is 10.1. The number of aromatic nitrogens is 2. The van der Waals surface area contributed by atoms with Crippen molar-refractivity contribution in [1.29, 1.82) is 0 Å².